The number of hydrogen-bond donors (Lipinski definition) is 2. The number of nitrogens with two attached hydrogens (primary N) is 1. The van der Waals surface area contributed by atoms with Gasteiger partial charge in [0.25, 0.3) is 5.91 Å². The zero-order valence-electron chi connectivity index (χ0n) is 9.91. The second-order valence-electron chi connectivity index (χ2n) is 3.98. The molecule has 0 spiro atoms. The van der Waals surface area contributed by atoms with Gasteiger partial charge < -0.3 is 0 Å². The van der Waals surface area contributed by atoms with E-state index in [4.69, 9.17) is 5.84 Å². The van der Waals surface area contributed by atoms with E-state index >= 15 is 0 Å². The normalized spacial score (nSPS) is 10.8. The summed E-state index contributed by atoms with van der Waals surface area (Å²) in [5, 5.41) is 8.20. The number of fused-ring (bicyclic) bond motifs is 1. The SMILES string of the molecule is NNC(=O)c1ccc(Cn2nnc3ccccc32)s1. The van der Waals surface area contributed by atoms with Crippen molar-refractivity contribution in [3.63, 3.8) is 0 Å². The first-order valence-corrected chi connectivity index (χ1v) is 6.47. The molecule has 0 aliphatic heterocycles. The van der Waals surface area contributed by atoms with E-state index in [1.165, 1.54) is 11.3 Å². The van der Waals surface area contributed by atoms with Crippen molar-refractivity contribution in [2.24, 2.45) is 5.84 Å². The van der Waals surface area contributed by atoms with Gasteiger partial charge in [0.1, 0.15) is 5.52 Å². The van der Waals surface area contributed by atoms with E-state index in [-0.39, 0.29) is 5.91 Å². The van der Waals surface area contributed by atoms with Gasteiger partial charge in [-0.1, -0.05) is 17.3 Å². The van der Waals surface area contributed by atoms with Gasteiger partial charge in [-0.3, -0.25) is 10.2 Å². The molecule has 7 heteroatoms. The van der Waals surface area contributed by atoms with E-state index in [9.17, 15) is 4.79 Å². The third-order valence-corrected chi connectivity index (χ3v) is 3.81. The number of thiophene rings is 1. The first kappa shape index (κ1) is 11.8. The van der Waals surface area contributed by atoms with Crippen LogP contribution in [0.2, 0.25) is 0 Å². The Balaban J connectivity index is 1.89. The Hall–Kier alpha value is -2.25. The largest absolute Gasteiger partial charge is 0.289 e. The monoisotopic (exact) mass is 273 g/mol. The smallest absolute Gasteiger partial charge is 0.275 e. The fraction of sp³-hybridized carbons (Fsp3) is 0.0833. The van der Waals surface area contributed by atoms with Gasteiger partial charge in [-0.25, -0.2) is 10.5 Å². The zero-order chi connectivity index (χ0) is 13.2. The summed E-state index contributed by atoms with van der Waals surface area (Å²) in [6, 6.07) is 11.4. The number of para-hydroxylation sites is 1. The van der Waals surface area contributed by atoms with Crippen LogP contribution in [0.25, 0.3) is 11.0 Å². The third-order valence-electron chi connectivity index (χ3n) is 2.74. The molecule has 0 atom stereocenters. The van der Waals surface area contributed by atoms with E-state index in [0.717, 1.165) is 15.9 Å². The van der Waals surface area contributed by atoms with Crippen LogP contribution in [0.15, 0.2) is 36.4 Å². The molecule has 2 heterocycles. The molecule has 0 radical (unpaired) electrons. The van der Waals surface area contributed by atoms with E-state index in [1.54, 1.807) is 6.07 Å². The van der Waals surface area contributed by atoms with E-state index in [0.29, 0.717) is 11.4 Å². The van der Waals surface area contributed by atoms with Crippen molar-refractivity contribution >= 4 is 28.3 Å². The summed E-state index contributed by atoms with van der Waals surface area (Å²) < 4.78 is 1.81. The van der Waals surface area contributed by atoms with Crippen molar-refractivity contribution in [2.45, 2.75) is 6.54 Å². The molecule has 96 valence electrons. The highest BCUT2D eigenvalue weighted by Crippen LogP contribution is 2.19. The average molecular weight is 273 g/mol. The Kier molecular flexibility index (Phi) is 2.98. The van der Waals surface area contributed by atoms with Crippen molar-refractivity contribution in [1.82, 2.24) is 20.4 Å². The summed E-state index contributed by atoms with van der Waals surface area (Å²) in [5.41, 5.74) is 3.95. The lowest BCUT2D eigenvalue weighted by Crippen LogP contribution is -2.29. The van der Waals surface area contributed by atoms with E-state index in [2.05, 4.69) is 15.7 Å². The highest BCUT2D eigenvalue weighted by atomic mass is 32.1. The Morgan fingerprint density at radius 3 is 3.00 bits per heavy atom. The van der Waals surface area contributed by atoms with Crippen LogP contribution in [0.4, 0.5) is 0 Å². The van der Waals surface area contributed by atoms with E-state index < -0.39 is 0 Å². The molecule has 3 aromatic rings. The predicted octanol–water partition coefficient (Wildman–Crippen LogP) is 1.14. The van der Waals surface area contributed by atoms with Crippen molar-refractivity contribution in [2.75, 3.05) is 0 Å². The molecule has 3 N–H and O–H groups in total. The molecule has 19 heavy (non-hydrogen) atoms. The van der Waals surface area contributed by atoms with Crippen LogP contribution in [0, 0.1) is 0 Å². The zero-order valence-corrected chi connectivity index (χ0v) is 10.7. The summed E-state index contributed by atoms with van der Waals surface area (Å²) in [6.45, 7) is 0.586. The Bertz CT molecular complexity index is 732. The minimum absolute atomic E-state index is 0.278. The second kappa shape index (κ2) is 4.79. The van der Waals surface area contributed by atoms with Crippen LogP contribution in [0.3, 0.4) is 0 Å². The van der Waals surface area contributed by atoms with Crippen molar-refractivity contribution in [1.29, 1.82) is 0 Å². The molecule has 0 aliphatic rings. The number of carbonyl (C=O) groups is 1. The topological polar surface area (TPSA) is 85.8 Å². The summed E-state index contributed by atoms with van der Waals surface area (Å²) in [4.78, 5) is 13.0. The molecular formula is C12H11N5OS. The maximum atomic E-state index is 11.4. The van der Waals surface area contributed by atoms with Gasteiger partial charge in [0, 0.05) is 4.88 Å². The van der Waals surface area contributed by atoms with Crippen LogP contribution in [0.5, 0.6) is 0 Å². The number of rotatable bonds is 3. The molecule has 3 rings (SSSR count). The van der Waals surface area contributed by atoms with Gasteiger partial charge >= 0.3 is 0 Å². The summed E-state index contributed by atoms with van der Waals surface area (Å²) in [5.74, 6) is 4.83. The Morgan fingerprint density at radius 2 is 2.16 bits per heavy atom. The van der Waals surface area contributed by atoms with Gasteiger partial charge in [-0.05, 0) is 24.3 Å². The molecular weight excluding hydrogens is 262 g/mol. The van der Waals surface area contributed by atoms with Crippen molar-refractivity contribution in [3.05, 3.63) is 46.2 Å². The molecule has 0 saturated heterocycles. The predicted molar refractivity (Wildman–Crippen MR) is 72.6 cm³/mol. The Labute approximate surface area is 112 Å². The minimum Gasteiger partial charge on any atom is -0.289 e. The van der Waals surface area contributed by atoms with Crippen LogP contribution in [-0.2, 0) is 6.54 Å². The van der Waals surface area contributed by atoms with Gasteiger partial charge in [-0.2, -0.15) is 0 Å². The molecule has 1 aromatic carbocycles. The lowest BCUT2D eigenvalue weighted by atomic mass is 10.3. The number of amides is 1. The number of carbonyl (C=O) groups excluding carboxylic acids is 1. The minimum atomic E-state index is -0.278. The van der Waals surface area contributed by atoms with Gasteiger partial charge in [0.15, 0.2) is 0 Å². The number of hydrogen-bond acceptors (Lipinski definition) is 5. The third kappa shape index (κ3) is 2.20. The lowest BCUT2D eigenvalue weighted by Gasteiger charge is -1.99. The van der Waals surface area contributed by atoms with E-state index in [1.807, 2.05) is 35.0 Å². The fourth-order valence-electron chi connectivity index (χ4n) is 1.84. The molecule has 0 unspecified atom stereocenters. The maximum Gasteiger partial charge on any atom is 0.275 e. The molecule has 0 fully saturated rings. The number of nitrogen functional groups attached to an aromatic ring is 1. The quantitative estimate of drug-likeness (QED) is 0.426. The van der Waals surface area contributed by atoms with Crippen LogP contribution in [0.1, 0.15) is 14.5 Å². The maximum absolute atomic E-state index is 11.4. The number of benzene rings is 1. The van der Waals surface area contributed by atoms with Crippen LogP contribution in [-0.4, -0.2) is 20.9 Å². The molecule has 0 bridgehead atoms. The first-order chi connectivity index (χ1) is 9.28. The summed E-state index contributed by atoms with van der Waals surface area (Å²) in [6.07, 6.45) is 0. The highest BCUT2D eigenvalue weighted by molar-refractivity contribution is 7.14. The first-order valence-electron chi connectivity index (χ1n) is 5.66. The number of nitrogens with zero attached hydrogens (tertiary/aromatic N) is 3. The van der Waals surface area contributed by atoms with Crippen molar-refractivity contribution < 1.29 is 4.79 Å². The Morgan fingerprint density at radius 1 is 1.32 bits per heavy atom. The fourth-order valence-corrected chi connectivity index (χ4v) is 2.73. The number of hydrazine groups is 1. The van der Waals surface area contributed by atoms with Crippen LogP contribution < -0.4 is 11.3 Å². The molecule has 0 saturated carbocycles. The van der Waals surface area contributed by atoms with Crippen LogP contribution >= 0.6 is 11.3 Å². The standard InChI is InChI=1S/C12H11N5OS/c13-14-12(18)11-6-5-8(19-11)7-17-10-4-2-1-3-9(10)15-16-17/h1-6H,7,13H2,(H,14,18). The van der Waals surface area contributed by atoms with Crippen molar-refractivity contribution in [3.8, 4) is 0 Å². The number of nitrogens with one attached hydrogen (secondary N) is 1. The summed E-state index contributed by atoms with van der Waals surface area (Å²) >= 11 is 1.39. The molecule has 1 amide bonds. The average Bonchev–Trinajstić information content (AvgIpc) is 3.06. The molecule has 6 nitrogen and oxygen atoms in total. The number of aromatic nitrogens is 3. The summed E-state index contributed by atoms with van der Waals surface area (Å²) in [7, 11) is 0. The van der Waals surface area contributed by atoms with Gasteiger partial charge in [0.05, 0.1) is 16.9 Å². The van der Waals surface area contributed by atoms with Gasteiger partial charge in [0.2, 0.25) is 0 Å². The molecule has 0 aliphatic carbocycles. The molecule has 2 aromatic heterocycles. The highest BCUT2D eigenvalue weighted by Gasteiger charge is 2.09. The second-order valence-corrected chi connectivity index (χ2v) is 5.14. The van der Waals surface area contributed by atoms with Gasteiger partial charge in [-0.15, -0.1) is 16.4 Å². The lowest BCUT2D eigenvalue weighted by molar-refractivity contribution is 0.0957.